The summed E-state index contributed by atoms with van der Waals surface area (Å²) in [6, 6.07) is 0. The van der Waals surface area contributed by atoms with E-state index >= 15 is 0 Å². The lowest BCUT2D eigenvalue weighted by atomic mass is 9.99. The highest BCUT2D eigenvalue weighted by Crippen LogP contribution is 2.45. The molecule has 0 aromatic carbocycles. The van der Waals surface area contributed by atoms with Gasteiger partial charge in [0, 0.05) is 25.7 Å². The quantitative estimate of drug-likeness (QED) is 0.0169. The number of aliphatic hydroxyl groups excluding tert-OH is 1. The topological polar surface area (TPSA) is 237 Å². The second kappa shape index (κ2) is 68.0. The van der Waals surface area contributed by atoms with Crippen LogP contribution in [0.25, 0.3) is 0 Å². The molecular weight excluding hydrogens is 1270 g/mol. The van der Waals surface area contributed by atoms with Gasteiger partial charge < -0.3 is 33.8 Å². The predicted octanol–water partition coefficient (Wildman–Crippen LogP) is 22.5. The third-order valence-corrected chi connectivity index (χ3v) is 20.5. The van der Waals surface area contributed by atoms with Crippen molar-refractivity contribution in [1.82, 2.24) is 0 Å². The zero-order valence-electron chi connectivity index (χ0n) is 63.0. The van der Waals surface area contributed by atoms with E-state index < -0.39 is 97.5 Å². The second-order valence-corrected chi connectivity index (χ2v) is 31.0. The van der Waals surface area contributed by atoms with Gasteiger partial charge in [0.05, 0.1) is 26.4 Å². The van der Waals surface area contributed by atoms with E-state index in [1.807, 2.05) is 0 Å². The van der Waals surface area contributed by atoms with E-state index in [1.54, 1.807) is 0 Å². The summed E-state index contributed by atoms with van der Waals surface area (Å²) in [5.74, 6) is 0.233. The molecule has 0 fully saturated rings. The minimum atomic E-state index is -4.97. The van der Waals surface area contributed by atoms with Crippen molar-refractivity contribution in [2.45, 2.75) is 394 Å². The van der Waals surface area contributed by atoms with Crippen molar-refractivity contribution in [1.29, 1.82) is 0 Å². The molecule has 3 N–H and O–H groups in total. The zero-order chi connectivity index (χ0) is 71.6. The van der Waals surface area contributed by atoms with Crippen LogP contribution in [0.5, 0.6) is 0 Å². The number of rotatable bonds is 74. The Morgan fingerprint density at radius 2 is 0.577 bits per heavy atom. The molecule has 0 amide bonds. The Morgan fingerprint density at radius 1 is 0.330 bits per heavy atom. The molecule has 0 aromatic rings. The van der Waals surface area contributed by atoms with Gasteiger partial charge >= 0.3 is 39.5 Å². The number of phosphoric ester groups is 2. The Bertz CT molecular complexity index is 1990. The first-order chi connectivity index (χ1) is 46.8. The number of allylic oxidation sites excluding steroid dienone is 4. The maximum Gasteiger partial charge on any atom is 0.472 e. The van der Waals surface area contributed by atoms with Crippen molar-refractivity contribution in [2.24, 2.45) is 17.8 Å². The van der Waals surface area contributed by atoms with Crippen LogP contribution in [-0.2, 0) is 65.4 Å². The molecule has 0 spiro atoms. The van der Waals surface area contributed by atoms with E-state index in [-0.39, 0.29) is 25.7 Å². The predicted molar refractivity (Wildman–Crippen MR) is 395 cm³/mol. The van der Waals surface area contributed by atoms with Crippen LogP contribution in [0.1, 0.15) is 376 Å². The fourth-order valence-electron chi connectivity index (χ4n) is 11.3. The summed E-state index contributed by atoms with van der Waals surface area (Å²) in [5, 5.41) is 10.6. The van der Waals surface area contributed by atoms with Gasteiger partial charge in [-0.15, -0.1) is 0 Å². The van der Waals surface area contributed by atoms with Gasteiger partial charge in [-0.05, 0) is 69.1 Å². The van der Waals surface area contributed by atoms with Crippen LogP contribution < -0.4 is 0 Å². The van der Waals surface area contributed by atoms with Gasteiger partial charge in [0.25, 0.3) is 0 Å². The molecule has 572 valence electrons. The number of carbonyl (C=O) groups excluding carboxylic acids is 4. The summed E-state index contributed by atoms with van der Waals surface area (Å²) in [4.78, 5) is 72.9. The van der Waals surface area contributed by atoms with Gasteiger partial charge in [-0.2, -0.15) is 0 Å². The van der Waals surface area contributed by atoms with E-state index in [0.717, 1.165) is 127 Å². The first-order valence-electron chi connectivity index (χ1n) is 39.8. The molecule has 97 heavy (non-hydrogen) atoms. The van der Waals surface area contributed by atoms with Crippen LogP contribution in [0.3, 0.4) is 0 Å². The number of ether oxygens (including phenoxy) is 4. The lowest BCUT2D eigenvalue weighted by molar-refractivity contribution is -0.161. The highest BCUT2D eigenvalue weighted by molar-refractivity contribution is 7.47. The van der Waals surface area contributed by atoms with Crippen molar-refractivity contribution in [2.75, 3.05) is 39.6 Å². The van der Waals surface area contributed by atoms with Gasteiger partial charge in [0.15, 0.2) is 12.2 Å². The highest BCUT2D eigenvalue weighted by Gasteiger charge is 2.30. The van der Waals surface area contributed by atoms with Crippen molar-refractivity contribution in [3.8, 4) is 0 Å². The summed E-state index contributed by atoms with van der Waals surface area (Å²) in [5.41, 5.74) is 0. The molecule has 0 radical (unpaired) electrons. The number of hydrogen-bond donors (Lipinski definition) is 3. The molecule has 5 unspecified atom stereocenters. The maximum absolute atomic E-state index is 13.1. The Morgan fingerprint density at radius 3 is 0.866 bits per heavy atom. The number of aliphatic hydroxyl groups is 1. The summed E-state index contributed by atoms with van der Waals surface area (Å²) in [7, 11) is -9.93. The van der Waals surface area contributed by atoms with Crippen molar-refractivity contribution >= 4 is 39.5 Å². The van der Waals surface area contributed by atoms with Crippen molar-refractivity contribution < 1.29 is 80.2 Å². The molecule has 0 bridgehead atoms. The Balaban J connectivity index is 5.29. The Hall–Kier alpha value is -2.46. The van der Waals surface area contributed by atoms with Crippen molar-refractivity contribution in [3.63, 3.8) is 0 Å². The van der Waals surface area contributed by atoms with Gasteiger partial charge in [-0.3, -0.25) is 37.3 Å². The zero-order valence-corrected chi connectivity index (χ0v) is 64.8. The first-order valence-corrected chi connectivity index (χ1v) is 42.8. The number of unbranched alkanes of at least 4 members (excludes halogenated alkanes) is 36. The van der Waals surface area contributed by atoms with E-state index in [4.69, 9.17) is 37.0 Å². The highest BCUT2D eigenvalue weighted by atomic mass is 31.2. The minimum absolute atomic E-state index is 0.0839. The van der Waals surface area contributed by atoms with E-state index in [0.29, 0.717) is 25.7 Å². The third kappa shape index (κ3) is 67.8. The first kappa shape index (κ1) is 94.5. The summed E-state index contributed by atoms with van der Waals surface area (Å²) in [6.07, 6.45) is 57.5. The van der Waals surface area contributed by atoms with Gasteiger partial charge in [0.2, 0.25) is 0 Å². The average Bonchev–Trinajstić information content (AvgIpc) is 1.37. The smallest absolute Gasteiger partial charge is 0.462 e. The Kier molecular flexibility index (Phi) is 66.3. The number of phosphoric acid groups is 2. The molecule has 17 nitrogen and oxygen atoms in total. The lowest BCUT2D eigenvalue weighted by Gasteiger charge is -2.21. The molecule has 0 saturated heterocycles. The van der Waals surface area contributed by atoms with Gasteiger partial charge in [-0.25, -0.2) is 9.13 Å². The number of esters is 4. The Labute approximate surface area is 592 Å². The third-order valence-electron chi connectivity index (χ3n) is 18.6. The molecule has 0 rings (SSSR count). The van der Waals surface area contributed by atoms with Crippen LogP contribution in [0.2, 0.25) is 0 Å². The second-order valence-electron chi connectivity index (χ2n) is 28.1. The molecule has 0 heterocycles. The molecule has 0 aromatic heterocycles. The van der Waals surface area contributed by atoms with Crippen LogP contribution in [0, 0.1) is 17.8 Å². The van der Waals surface area contributed by atoms with Crippen LogP contribution in [0.4, 0.5) is 0 Å². The molecule has 0 aliphatic rings. The standard InChI is InChI=1S/C78H148O17P2/c1-8-12-13-14-15-16-17-18-19-23-26-33-38-47-54-62-78(83)95-74(66-89-76(81)60-53-46-41-40-44-51-58-71(7)11-4)68-93-97(86,87)91-64-72(79)63-90-96(84,85)92-67-73(65-88-75(80)59-52-45-37-32-29-28-31-36-43-50-57-70(6)10-3)94-77(82)61-55-48-39-34-27-24-21-20-22-25-30-35-42-49-56-69(5)9-2/h16-19,69-74,79H,8-15,20-68H2,1-7H3,(H,84,85)(H,86,87)/b17-16-,19-18-/t69?,70?,71?,72-,73-,74-/m1/s1. The molecule has 8 atom stereocenters. The van der Waals surface area contributed by atoms with E-state index in [1.165, 1.54) is 167 Å². The van der Waals surface area contributed by atoms with Crippen LogP contribution >= 0.6 is 15.6 Å². The number of hydrogen-bond acceptors (Lipinski definition) is 15. The van der Waals surface area contributed by atoms with Crippen molar-refractivity contribution in [3.05, 3.63) is 24.3 Å². The molecule has 0 saturated carbocycles. The molecule has 0 aliphatic heterocycles. The summed E-state index contributed by atoms with van der Waals surface area (Å²) < 4.78 is 68.6. The minimum Gasteiger partial charge on any atom is -0.462 e. The van der Waals surface area contributed by atoms with Crippen LogP contribution in [-0.4, -0.2) is 96.7 Å². The summed E-state index contributed by atoms with van der Waals surface area (Å²) in [6.45, 7) is 11.9. The van der Waals surface area contributed by atoms with Crippen LogP contribution in [0.15, 0.2) is 24.3 Å². The van der Waals surface area contributed by atoms with E-state index in [2.05, 4.69) is 72.8 Å². The molecule has 0 aliphatic carbocycles. The fraction of sp³-hybridized carbons (Fsp3) is 0.897. The molecular formula is C78H148O17P2. The number of carbonyl (C=O) groups is 4. The van der Waals surface area contributed by atoms with Gasteiger partial charge in [-0.1, -0.05) is 323 Å². The maximum atomic E-state index is 13.1. The fourth-order valence-corrected chi connectivity index (χ4v) is 12.9. The monoisotopic (exact) mass is 1420 g/mol. The normalized spacial score (nSPS) is 15.0. The van der Waals surface area contributed by atoms with E-state index in [9.17, 15) is 43.2 Å². The van der Waals surface area contributed by atoms with Gasteiger partial charge in [0.1, 0.15) is 19.3 Å². The average molecular weight is 1420 g/mol. The molecule has 19 heteroatoms. The largest absolute Gasteiger partial charge is 0.472 e. The summed E-state index contributed by atoms with van der Waals surface area (Å²) >= 11 is 0. The lowest BCUT2D eigenvalue weighted by Crippen LogP contribution is -2.30. The SMILES string of the molecule is CCCCCC/C=C\C=C/CCCCCCCC(=O)O[C@H](COC(=O)CCCCCCCCC(C)CC)COP(=O)(O)OC[C@H](O)COP(=O)(O)OC[C@@H](COC(=O)CCCCCCCCCCCCC(C)CC)OC(=O)CCCCCCCCCCCCCCCCC(C)CC.